The fourth-order valence-electron chi connectivity index (χ4n) is 2.12. The molecule has 0 fully saturated rings. The predicted molar refractivity (Wildman–Crippen MR) is 78.6 cm³/mol. The molecule has 0 aliphatic heterocycles. The molecule has 3 rings (SSSR count). The molecule has 2 aromatic heterocycles. The zero-order valence-electron chi connectivity index (χ0n) is 11.3. The van der Waals surface area contributed by atoms with Crippen LogP contribution in [0.15, 0.2) is 42.9 Å². The minimum atomic E-state index is -0.843. The molecule has 3 aromatic rings. The van der Waals surface area contributed by atoms with Crippen molar-refractivity contribution in [1.82, 2.24) is 15.0 Å². The van der Waals surface area contributed by atoms with E-state index < -0.39 is 6.09 Å². The van der Waals surface area contributed by atoms with Crippen molar-refractivity contribution >= 4 is 28.6 Å². The monoisotopic (exact) mass is 283 g/mol. The molecule has 0 saturated heterocycles. The van der Waals surface area contributed by atoms with Gasteiger partial charge in [0.1, 0.15) is 23.5 Å². The lowest BCUT2D eigenvalue weighted by Crippen LogP contribution is -2.17. The van der Waals surface area contributed by atoms with Crippen molar-refractivity contribution in [1.29, 1.82) is 0 Å². The first-order valence-corrected chi connectivity index (χ1v) is 6.24. The molecular formula is C14H13N5O2. The summed E-state index contributed by atoms with van der Waals surface area (Å²) >= 11 is 0. The van der Waals surface area contributed by atoms with Crippen LogP contribution in [0.3, 0.4) is 0 Å². The molecule has 21 heavy (non-hydrogen) atoms. The van der Waals surface area contributed by atoms with Gasteiger partial charge in [-0.05, 0) is 18.2 Å². The molecule has 106 valence electrons. The summed E-state index contributed by atoms with van der Waals surface area (Å²) in [5, 5.41) is 0.904. The summed E-state index contributed by atoms with van der Waals surface area (Å²) in [6.45, 7) is 0. The number of hydrogen-bond acceptors (Lipinski definition) is 5. The van der Waals surface area contributed by atoms with E-state index in [9.17, 15) is 4.79 Å². The number of carbonyl (C=O) groups excluding carboxylic acids is 1. The Morgan fingerprint density at radius 1 is 1.33 bits per heavy atom. The smallest absolute Gasteiger partial charge is 0.409 e. The molecule has 7 heteroatoms. The average molecular weight is 283 g/mol. The number of nitrogens with two attached hydrogens (primary N) is 1. The van der Waals surface area contributed by atoms with Crippen molar-refractivity contribution in [2.75, 3.05) is 11.9 Å². The van der Waals surface area contributed by atoms with Gasteiger partial charge in [-0.2, -0.15) is 0 Å². The standard InChI is InChI=1S/C14H13N5O2/c1-19(9-3-2-4-10(7-9)21-14(15)20)13-11-5-6-16-12(11)17-8-18-13/h2-8H,1H3,(H2,15,20)(H,16,17,18). The number of rotatable bonds is 3. The van der Waals surface area contributed by atoms with E-state index in [2.05, 4.69) is 15.0 Å². The van der Waals surface area contributed by atoms with Crippen molar-refractivity contribution in [2.24, 2.45) is 5.73 Å². The van der Waals surface area contributed by atoms with Crippen LogP contribution in [0.1, 0.15) is 0 Å². The van der Waals surface area contributed by atoms with Crippen LogP contribution in [-0.2, 0) is 0 Å². The minimum absolute atomic E-state index is 0.381. The molecule has 7 nitrogen and oxygen atoms in total. The number of aromatic nitrogens is 3. The summed E-state index contributed by atoms with van der Waals surface area (Å²) in [4.78, 5) is 24.2. The van der Waals surface area contributed by atoms with Crippen LogP contribution < -0.4 is 15.4 Å². The van der Waals surface area contributed by atoms with Crippen molar-refractivity contribution in [3.63, 3.8) is 0 Å². The Hall–Kier alpha value is -3.09. The van der Waals surface area contributed by atoms with Gasteiger partial charge < -0.3 is 20.4 Å². The van der Waals surface area contributed by atoms with Gasteiger partial charge >= 0.3 is 6.09 Å². The van der Waals surface area contributed by atoms with Crippen molar-refractivity contribution in [2.45, 2.75) is 0 Å². The number of primary amides is 1. The summed E-state index contributed by atoms with van der Waals surface area (Å²) in [6, 6.07) is 8.94. The lowest BCUT2D eigenvalue weighted by atomic mass is 10.2. The zero-order chi connectivity index (χ0) is 14.8. The topological polar surface area (TPSA) is 97.1 Å². The first-order chi connectivity index (χ1) is 10.1. The van der Waals surface area contributed by atoms with Gasteiger partial charge in [-0.3, -0.25) is 0 Å². The highest BCUT2D eigenvalue weighted by atomic mass is 16.5. The van der Waals surface area contributed by atoms with E-state index in [0.717, 1.165) is 22.5 Å². The third-order valence-corrected chi connectivity index (χ3v) is 3.07. The molecular weight excluding hydrogens is 270 g/mol. The van der Waals surface area contributed by atoms with Gasteiger partial charge in [0, 0.05) is 25.0 Å². The molecule has 2 heterocycles. The van der Waals surface area contributed by atoms with Gasteiger partial charge in [-0.1, -0.05) is 6.07 Å². The summed E-state index contributed by atoms with van der Waals surface area (Å²) in [5.41, 5.74) is 6.60. The number of anilines is 2. The first-order valence-electron chi connectivity index (χ1n) is 6.24. The SMILES string of the molecule is CN(c1cccc(OC(N)=O)c1)c1ncnc2[nH]ccc12. The van der Waals surface area contributed by atoms with Crippen LogP contribution in [0.5, 0.6) is 5.75 Å². The van der Waals surface area contributed by atoms with Crippen LogP contribution in [-0.4, -0.2) is 28.1 Å². The normalized spacial score (nSPS) is 10.5. The molecule has 0 atom stereocenters. The Balaban J connectivity index is 2.00. The predicted octanol–water partition coefficient (Wildman–Crippen LogP) is 2.18. The molecule has 0 aliphatic rings. The van der Waals surface area contributed by atoms with Gasteiger partial charge in [0.25, 0.3) is 0 Å². The highest BCUT2D eigenvalue weighted by Crippen LogP contribution is 2.29. The Bertz CT molecular complexity index is 799. The highest BCUT2D eigenvalue weighted by Gasteiger charge is 2.12. The number of benzene rings is 1. The summed E-state index contributed by atoms with van der Waals surface area (Å²) < 4.78 is 4.89. The molecule has 0 radical (unpaired) electrons. The molecule has 0 saturated carbocycles. The Labute approximate surface area is 120 Å². The van der Waals surface area contributed by atoms with E-state index in [-0.39, 0.29) is 0 Å². The molecule has 0 bridgehead atoms. The van der Waals surface area contributed by atoms with Gasteiger partial charge in [-0.15, -0.1) is 0 Å². The maximum atomic E-state index is 10.8. The van der Waals surface area contributed by atoms with Crippen LogP contribution >= 0.6 is 0 Å². The third-order valence-electron chi connectivity index (χ3n) is 3.07. The van der Waals surface area contributed by atoms with Gasteiger partial charge in [-0.25, -0.2) is 14.8 Å². The molecule has 0 aliphatic carbocycles. The van der Waals surface area contributed by atoms with Crippen LogP contribution in [0.4, 0.5) is 16.3 Å². The number of nitrogens with zero attached hydrogens (tertiary/aromatic N) is 3. The maximum absolute atomic E-state index is 10.8. The number of aromatic amines is 1. The molecule has 1 amide bonds. The Morgan fingerprint density at radius 2 is 2.19 bits per heavy atom. The second-order valence-corrected chi connectivity index (χ2v) is 4.41. The third kappa shape index (κ3) is 2.48. The van der Waals surface area contributed by atoms with Crippen molar-refractivity contribution in [3.05, 3.63) is 42.9 Å². The highest BCUT2D eigenvalue weighted by molar-refractivity contribution is 5.89. The summed E-state index contributed by atoms with van der Waals surface area (Å²) in [7, 11) is 1.87. The van der Waals surface area contributed by atoms with E-state index >= 15 is 0 Å². The van der Waals surface area contributed by atoms with E-state index in [0.29, 0.717) is 5.75 Å². The van der Waals surface area contributed by atoms with E-state index in [1.54, 1.807) is 18.2 Å². The number of nitrogens with one attached hydrogen (secondary N) is 1. The quantitative estimate of drug-likeness (QED) is 0.767. The Morgan fingerprint density at radius 3 is 3.00 bits per heavy atom. The Kier molecular flexibility index (Phi) is 3.15. The lowest BCUT2D eigenvalue weighted by Gasteiger charge is -2.19. The fraction of sp³-hybridized carbons (Fsp3) is 0.0714. The maximum Gasteiger partial charge on any atom is 0.409 e. The first kappa shape index (κ1) is 12.9. The van der Waals surface area contributed by atoms with Crippen molar-refractivity contribution < 1.29 is 9.53 Å². The number of carbonyl (C=O) groups is 1. The van der Waals surface area contributed by atoms with Crippen molar-refractivity contribution in [3.8, 4) is 5.75 Å². The van der Waals surface area contributed by atoms with Crippen LogP contribution in [0.25, 0.3) is 11.0 Å². The largest absolute Gasteiger partial charge is 0.410 e. The number of ether oxygens (including phenoxy) is 1. The number of fused-ring (bicyclic) bond motifs is 1. The van der Waals surface area contributed by atoms with Gasteiger partial charge in [0.15, 0.2) is 0 Å². The zero-order valence-corrected chi connectivity index (χ0v) is 11.3. The number of amides is 1. The number of hydrogen-bond donors (Lipinski definition) is 2. The fourth-order valence-corrected chi connectivity index (χ4v) is 2.12. The minimum Gasteiger partial charge on any atom is -0.410 e. The molecule has 3 N–H and O–H groups in total. The van der Waals surface area contributed by atoms with E-state index in [1.807, 2.05) is 30.3 Å². The van der Waals surface area contributed by atoms with Crippen LogP contribution in [0, 0.1) is 0 Å². The lowest BCUT2D eigenvalue weighted by molar-refractivity contribution is 0.211. The second kappa shape index (κ2) is 5.12. The number of H-pyrrole nitrogens is 1. The van der Waals surface area contributed by atoms with Gasteiger partial charge in [0.05, 0.1) is 5.39 Å². The van der Waals surface area contributed by atoms with E-state index in [4.69, 9.17) is 10.5 Å². The second-order valence-electron chi connectivity index (χ2n) is 4.41. The van der Waals surface area contributed by atoms with Crippen LogP contribution in [0.2, 0.25) is 0 Å². The summed E-state index contributed by atoms with van der Waals surface area (Å²) in [5.74, 6) is 1.13. The van der Waals surface area contributed by atoms with Gasteiger partial charge in [0.2, 0.25) is 0 Å². The molecule has 0 spiro atoms. The average Bonchev–Trinajstić information content (AvgIpc) is 2.94. The summed E-state index contributed by atoms with van der Waals surface area (Å²) in [6.07, 6.45) is 2.46. The molecule has 1 aromatic carbocycles. The van der Waals surface area contributed by atoms with E-state index in [1.165, 1.54) is 6.33 Å². The molecule has 0 unspecified atom stereocenters.